The van der Waals surface area contributed by atoms with Crippen LogP contribution in [0.25, 0.3) is 0 Å². The van der Waals surface area contributed by atoms with Gasteiger partial charge in [0.2, 0.25) is 0 Å². The van der Waals surface area contributed by atoms with Crippen LogP contribution in [0, 0.1) is 12.8 Å². The molecule has 4 rings (SSSR count). The monoisotopic (exact) mass is 315 g/mol. The molecule has 1 aliphatic heterocycles. The number of rotatable bonds is 6. The summed E-state index contributed by atoms with van der Waals surface area (Å²) in [7, 11) is 2.03. The van der Waals surface area contributed by atoms with Crippen molar-refractivity contribution >= 4 is 0 Å². The zero-order valence-electron chi connectivity index (χ0n) is 14.0. The third-order valence-corrected chi connectivity index (χ3v) is 4.97. The van der Waals surface area contributed by atoms with Crippen LogP contribution in [0.5, 0.6) is 0 Å². The van der Waals surface area contributed by atoms with Gasteiger partial charge in [-0.05, 0) is 49.8 Å². The van der Waals surface area contributed by atoms with Crippen molar-refractivity contribution in [3.8, 4) is 0 Å². The number of ether oxygens (including phenoxy) is 1. The van der Waals surface area contributed by atoms with Crippen LogP contribution in [-0.4, -0.2) is 34.4 Å². The molecule has 0 radical (unpaired) electrons. The molecule has 1 atom stereocenters. The third kappa shape index (κ3) is 3.21. The van der Waals surface area contributed by atoms with Crippen LogP contribution in [-0.2, 0) is 24.8 Å². The van der Waals surface area contributed by atoms with Gasteiger partial charge in [0.25, 0.3) is 0 Å². The normalized spacial score (nSPS) is 21.6. The fourth-order valence-electron chi connectivity index (χ4n) is 3.48. The third-order valence-electron chi connectivity index (χ3n) is 4.97. The first-order valence-electron chi connectivity index (χ1n) is 8.58. The van der Waals surface area contributed by atoms with E-state index in [0.29, 0.717) is 0 Å². The summed E-state index contributed by atoms with van der Waals surface area (Å²) < 4.78 is 13.8. The zero-order chi connectivity index (χ0) is 15.8. The summed E-state index contributed by atoms with van der Waals surface area (Å²) in [6.07, 6.45) is 5.72. The zero-order valence-corrected chi connectivity index (χ0v) is 14.0. The highest BCUT2D eigenvalue weighted by atomic mass is 16.5. The Morgan fingerprint density at radius 2 is 2.17 bits per heavy atom. The molecule has 5 heteroatoms. The van der Waals surface area contributed by atoms with Crippen molar-refractivity contribution in [2.75, 3.05) is 19.8 Å². The Bertz CT molecular complexity index is 672. The summed E-state index contributed by atoms with van der Waals surface area (Å²) in [4.78, 5) is 2.47. The highest BCUT2D eigenvalue weighted by Crippen LogP contribution is 2.33. The van der Waals surface area contributed by atoms with Gasteiger partial charge in [-0.15, -0.1) is 0 Å². The van der Waals surface area contributed by atoms with E-state index in [4.69, 9.17) is 9.15 Å². The Labute approximate surface area is 137 Å². The second kappa shape index (κ2) is 6.13. The van der Waals surface area contributed by atoms with Gasteiger partial charge in [0.15, 0.2) is 0 Å². The molecular formula is C18H25N3O2. The topological polar surface area (TPSA) is 43.4 Å². The summed E-state index contributed by atoms with van der Waals surface area (Å²) in [5, 5.41) is 4.46. The van der Waals surface area contributed by atoms with Gasteiger partial charge in [0.1, 0.15) is 11.5 Å². The van der Waals surface area contributed by atoms with Gasteiger partial charge in [0, 0.05) is 20.2 Å². The molecule has 23 heavy (non-hydrogen) atoms. The second-order valence-electron chi connectivity index (χ2n) is 6.91. The maximum atomic E-state index is 6.04. The van der Waals surface area contributed by atoms with Crippen molar-refractivity contribution in [1.82, 2.24) is 14.7 Å². The molecule has 2 aromatic rings. The van der Waals surface area contributed by atoms with Crippen molar-refractivity contribution < 1.29 is 9.15 Å². The Hall–Kier alpha value is -1.59. The maximum absolute atomic E-state index is 6.04. The van der Waals surface area contributed by atoms with Gasteiger partial charge >= 0.3 is 0 Å². The first-order valence-corrected chi connectivity index (χ1v) is 8.58. The quantitative estimate of drug-likeness (QED) is 0.822. The fourth-order valence-corrected chi connectivity index (χ4v) is 3.48. The highest BCUT2D eigenvalue weighted by Gasteiger charge is 2.32. The van der Waals surface area contributed by atoms with E-state index in [-0.39, 0.29) is 6.04 Å². The Morgan fingerprint density at radius 3 is 2.91 bits per heavy atom. The first-order chi connectivity index (χ1) is 11.2. The Balaban J connectivity index is 1.52. The molecule has 2 aromatic heterocycles. The van der Waals surface area contributed by atoms with E-state index in [9.17, 15) is 0 Å². The van der Waals surface area contributed by atoms with Gasteiger partial charge in [-0.1, -0.05) is 0 Å². The first kappa shape index (κ1) is 15.0. The summed E-state index contributed by atoms with van der Waals surface area (Å²) >= 11 is 0. The molecule has 0 saturated heterocycles. The number of aromatic nitrogens is 2. The number of furan rings is 1. The number of hydrogen-bond donors (Lipinski definition) is 0. The van der Waals surface area contributed by atoms with Crippen LogP contribution >= 0.6 is 0 Å². The Morgan fingerprint density at radius 1 is 1.30 bits per heavy atom. The largest absolute Gasteiger partial charge is 0.465 e. The number of hydrogen-bond acceptors (Lipinski definition) is 4. The minimum Gasteiger partial charge on any atom is -0.465 e. The predicted molar refractivity (Wildman–Crippen MR) is 87.1 cm³/mol. The average Bonchev–Trinajstić information content (AvgIpc) is 3.16. The van der Waals surface area contributed by atoms with Crippen molar-refractivity contribution in [2.45, 2.75) is 38.8 Å². The number of nitrogens with zero attached hydrogens (tertiary/aromatic N) is 3. The van der Waals surface area contributed by atoms with E-state index in [1.807, 2.05) is 30.9 Å². The van der Waals surface area contributed by atoms with Crippen LogP contribution in [0.1, 0.15) is 41.7 Å². The molecule has 0 bridgehead atoms. The maximum Gasteiger partial charge on any atom is 0.118 e. The van der Waals surface area contributed by atoms with Crippen LogP contribution in [0.15, 0.2) is 22.7 Å². The van der Waals surface area contributed by atoms with Gasteiger partial charge in [-0.3, -0.25) is 9.58 Å². The smallest absolute Gasteiger partial charge is 0.118 e. The van der Waals surface area contributed by atoms with E-state index in [1.54, 1.807) is 0 Å². The van der Waals surface area contributed by atoms with E-state index in [0.717, 1.165) is 50.2 Å². The number of aryl methyl sites for hydroxylation is 2. The molecule has 124 valence electrons. The molecule has 5 nitrogen and oxygen atoms in total. The van der Waals surface area contributed by atoms with Crippen molar-refractivity contribution in [2.24, 2.45) is 13.0 Å². The molecule has 0 spiro atoms. The molecule has 2 aliphatic rings. The van der Waals surface area contributed by atoms with Crippen LogP contribution in [0.3, 0.4) is 0 Å². The van der Waals surface area contributed by atoms with E-state index < -0.39 is 0 Å². The molecule has 0 aromatic carbocycles. The van der Waals surface area contributed by atoms with E-state index >= 15 is 0 Å². The van der Waals surface area contributed by atoms with Crippen molar-refractivity contribution in [1.29, 1.82) is 0 Å². The van der Waals surface area contributed by atoms with Gasteiger partial charge in [-0.25, -0.2) is 0 Å². The average molecular weight is 315 g/mol. The molecule has 1 aliphatic carbocycles. The Kier molecular flexibility index (Phi) is 3.99. The lowest BCUT2D eigenvalue weighted by atomic mass is 10.00. The summed E-state index contributed by atoms with van der Waals surface area (Å²) in [5.41, 5.74) is 2.66. The highest BCUT2D eigenvalue weighted by molar-refractivity contribution is 5.25. The SMILES string of the molecule is Cc1ccc(CN2CCc3cnn(C)c3[C@@H]2COCC2CC2)o1. The van der Waals surface area contributed by atoms with Crippen molar-refractivity contribution in [3.05, 3.63) is 41.1 Å². The minimum absolute atomic E-state index is 0.260. The summed E-state index contributed by atoms with van der Waals surface area (Å²) in [6, 6.07) is 4.37. The standard InChI is InChI=1S/C18H25N3O2/c1-13-3-6-16(23-13)10-21-8-7-15-9-19-20(2)18(15)17(21)12-22-11-14-4-5-14/h3,6,9,14,17H,4-5,7-8,10-12H2,1-2H3/t17-/m0/s1. The second-order valence-corrected chi connectivity index (χ2v) is 6.91. The van der Waals surface area contributed by atoms with Crippen LogP contribution in [0.4, 0.5) is 0 Å². The minimum atomic E-state index is 0.260. The molecule has 0 unspecified atom stereocenters. The molecule has 1 saturated carbocycles. The van der Waals surface area contributed by atoms with Crippen LogP contribution in [0.2, 0.25) is 0 Å². The molecular weight excluding hydrogens is 290 g/mol. The van der Waals surface area contributed by atoms with E-state index in [2.05, 4.69) is 16.1 Å². The predicted octanol–water partition coefficient (Wildman–Crippen LogP) is 2.85. The molecule has 1 fully saturated rings. The van der Waals surface area contributed by atoms with Crippen molar-refractivity contribution in [3.63, 3.8) is 0 Å². The summed E-state index contributed by atoms with van der Waals surface area (Å²) in [5.74, 6) is 2.80. The molecule has 0 N–H and O–H groups in total. The number of fused-ring (bicyclic) bond motifs is 1. The van der Waals surface area contributed by atoms with Gasteiger partial charge in [0.05, 0.1) is 31.1 Å². The molecule has 3 heterocycles. The lowest BCUT2D eigenvalue weighted by Crippen LogP contribution is -2.38. The van der Waals surface area contributed by atoms with Crippen LogP contribution < -0.4 is 0 Å². The lowest BCUT2D eigenvalue weighted by molar-refractivity contribution is 0.0383. The van der Waals surface area contributed by atoms with Gasteiger partial charge in [-0.2, -0.15) is 5.10 Å². The molecule has 0 amide bonds. The van der Waals surface area contributed by atoms with Gasteiger partial charge < -0.3 is 9.15 Å². The summed E-state index contributed by atoms with van der Waals surface area (Å²) in [6.45, 7) is 5.49. The fraction of sp³-hybridized carbons (Fsp3) is 0.611. The van der Waals surface area contributed by atoms with E-state index in [1.165, 1.54) is 24.1 Å². The lowest BCUT2D eigenvalue weighted by Gasteiger charge is -2.35.